The van der Waals surface area contributed by atoms with Gasteiger partial charge in [0.15, 0.2) is 18.0 Å². The summed E-state index contributed by atoms with van der Waals surface area (Å²) in [5.41, 5.74) is 5.37. The summed E-state index contributed by atoms with van der Waals surface area (Å²) in [5, 5.41) is 9.98. The number of aliphatic hydroxyl groups excluding tert-OH is 1. The zero-order valence-corrected chi connectivity index (χ0v) is 34.0. The average molecular weight is 764 g/mol. The molecule has 0 amide bonds. The zero-order valence-electron chi connectivity index (χ0n) is 33.1. The molecule has 0 spiro atoms. The summed E-state index contributed by atoms with van der Waals surface area (Å²) in [6.45, 7) is 3.36. The second kappa shape index (κ2) is 37.9. The maximum Gasteiger partial charge on any atom is 0.473 e. The van der Waals surface area contributed by atoms with Gasteiger partial charge in [-0.3, -0.25) is 13.8 Å². The maximum atomic E-state index is 13.1. The minimum atomic E-state index is -4.71. The maximum absolute atomic E-state index is 13.1. The van der Waals surface area contributed by atoms with Crippen LogP contribution in [-0.2, 0) is 27.9 Å². The molecule has 0 aromatic carbocycles. The fourth-order valence-corrected chi connectivity index (χ4v) is 6.50. The highest BCUT2D eigenvalue weighted by Gasteiger charge is 2.38. The average Bonchev–Trinajstić information content (AvgIpc) is 3.14. The third-order valence-electron chi connectivity index (χ3n) is 8.59. The van der Waals surface area contributed by atoms with E-state index in [1.54, 1.807) is 18.2 Å². The van der Waals surface area contributed by atoms with E-state index in [-0.39, 0.29) is 19.6 Å². The van der Waals surface area contributed by atoms with E-state index in [0.717, 1.165) is 38.2 Å². The lowest BCUT2D eigenvalue weighted by Crippen LogP contribution is -2.41. The number of carbonyl (C=O) groups is 2. The van der Waals surface area contributed by atoms with Gasteiger partial charge in [-0.2, -0.15) is 0 Å². The second-order valence-electron chi connectivity index (χ2n) is 13.5. The first-order valence-corrected chi connectivity index (χ1v) is 22.0. The summed E-state index contributed by atoms with van der Waals surface area (Å²) in [6, 6.07) is 0. The van der Waals surface area contributed by atoms with Crippen molar-refractivity contribution in [1.82, 2.24) is 0 Å². The van der Waals surface area contributed by atoms with Crippen LogP contribution in [0.1, 0.15) is 155 Å². The van der Waals surface area contributed by atoms with Crippen LogP contribution < -0.4 is 5.73 Å². The van der Waals surface area contributed by atoms with E-state index in [2.05, 4.69) is 26.0 Å². The van der Waals surface area contributed by atoms with Crippen molar-refractivity contribution >= 4 is 19.6 Å². The molecule has 0 saturated heterocycles. The summed E-state index contributed by atoms with van der Waals surface area (Å²) < 4.78 is 27.7. The van der Waals surface area contributed by atoms with Gasteiger partial charge < -0.3 is 20.5 Å². The third kappa shape index (κ3) is 33.9. The number of nitrogens with two attached hydrogens (primary N) is 1. The second-order valence-corrected chi connectivity index (χ2v) is 14.9. The Kier molecular flexibility index (Phi) is 36.2. The van der Waals surface area contributed by atoms with E-state index >= 15 is 0 Å². The number of allylic oxidation sites excluding steroid dienone is 11. The summed E-state index contributed by atoms with van der Waals surface area (Å²) in [4.78, 5) is 35.8. The number of phosphoric acid groups is 1. The number of hydrogen-bond donors (Lipinski definition) is 3. The van der Waals surface area contributed by atoms with Gasteiger partial charge in [0.2, 0.25) is 0 Å². The molecule has 3 atom stereocenters. The van der Waals surface area contributed by atoms with E-state index < -0.39 is 38.4 Å². The van der Waals surface area contributed by atoms with Gasteiger partial charge in [0, 0.05) is 19.0 Å². The lowest BCUT2D eigenvalue weighted by molar-refractivity contribution is -0.155. The van der Waals surface area contributed by atoms with Crippen LogP contribution in [0.5, 0.6) is 0 Å². The van der Waals surface area contributed by atoms with Crippen LogP contribution in [0.2, 0.25) is 0 Å². The van der Waals surface area contributed by atoms with Gasteiger partial charge in [-0.1, -0.05) is 196 Å². The Morgan fingerprint density at radius 3 is 1.55 bits per heavy atom. The largest absolute Gasteiger partial charge is 0.473 e. The highest BCUT2D eigenvalue weighted by Crippen LogP contribution is 2.45. The van der Waals surface area contributed by atoms with Crippen LogP contribution in [-0.4, -0.2) is 53.7 Å². The van der Waals surface area contributed by atoms with Crippen LogP contribution in [0.4, 0.5) is 0 Å². The molecule has 0 aliphatic rings. The minimum absolute atomic E-state index is 0.0399. The van der Waals surface area contributed by atoms with Crippen molar-refractivity contribution in [3.8, 4) is 0 Å². The highest BCUT2D eigenvalue weighted by molar-refractivity contribution is 7.47. The van der Waals surface area contributed by atoms with E-state index in [4.69, 9.17) is 19.5 Å². The van der Waals surface area contributed by atoms with Gasteiger partial charge in [-0.05, 0) is 19.3 Å². The van der Waals surface area contributed by atoms with E-state index in [1.807, 2.05) is 30.4 Å². The van der Waals surface area contributed by atoms with E-state index in [1.165, 1.54) is 102 Å². The van der Waals surface area contributed by atoms with Crippen LogP contribution >= 0.6 is 7.82 Å². The molecule has 0 saturated carbocycles. The topological polar surface area (TPSA) is 145 Å². The fourth-order valence-electron chi connectivity index (χ4n) is 5.56. The van der Waals surface area contributed by atoms with Gasteiger partial charge in [-0.25, -0.2) is 9.36 Å². The first kappa shape index (κ1) is 50.6. The summed E-state index contributed by atoms with van der Waals surface area (Å²) in [5.74, 6) is -1.40. The Balaban J connectivity index is 4.70. The molecule has 0 aromatic rings. The zero-order chi connectivity index (χ0) is 39.1. The molecular formula is C43H74NO8P. The molecule has 304 valence electrons. The van der Waals surface area contributed by atoms with Crippen molar-refractivity contribution in [2.75, 3.05) is 19.8 Å². The molecule has 0 aliphatic heterocycles. The molecule has 0 aliphatic carbocycles. The third-order valence-corrected chi connectivity index (χ3v) is 9.59. The van der Waals surface area contributed by atoms with E-state index in [9.17, 15) is 24.2 Å². The van der Waals surface area contributed by atoms with Crippen LogP contribution in [0.3, 0.4) is 0 Å². The standard InChI is InChI=1S/C43H74NO8P/c1-3-5-7-9-11-13-15-17-18-19-20-21-22-24-26-28-30-32-34-36-42(47)51-41(39-45)43(52-53(48,49)50-38-37-44)40(46)35-33-31-29-27-25-23-16-14-12-10-8-6-4-2/h18-22,24,26,28,30,32,34,36,41,43,45H,3-17,23,25,27,29,31,33,35,37-39,44H2,1-2H3,(H,48,49)/t41-,43?/m0/s1. The monoisotopic (exact) mass is 764 g/mol. The predicted octanol–water partition coefficient (Wildman–Crippen LogP) is 10.9. The Morgan fingerprint density at radius 1 is 0.642 bits per heavy atom. The fraction of sp³-hybridized carbons (Fsp3) is 0.674. The normalized spacial score (nSPS) is 14.8. The smallest absolute Gasteiger partial charge is 0.453 e. The lowest BCUT2D eigenvalue weighted by atomic mass is 10.0. The summed E-state index contributed by atoms with van der Waals surface area (Å²) >= 11 is 0. The number of esters is 1. The molecule has 9 nitrogen and oxygen atoms in total. The Labute approximate surface area is 322 Å². The number of aliphatic hydroxyl groups is 1. The SMILES string of the molecule is CCCCCCCCCC=CC=CC=CC=CC=CC=CC(=O)O[C@@H](CO)C(OP(=O)(O)OCCN)C(=O)CCCCCCCCCCCCCCC. The molecule has 10 heteroatoms. The summed E-state index contributed by atoms with van der Waals surface area (Å²) in [6.07, 6.45) is 43.7. The van der Waals surface area contributed by atoms with E-state index in [0.29, 0.717) is 6.42 Å². The van der Waals surface area contributed by atoms with Gasteiger partial charge in [0.25, 0.3) is 0 Å². The summed E-state index contributed by atoms with van der Waals surface area (Å²) in [7, 11) is -4.71. The molecule has 2 unspecified atom stereocenters. The number of rotatable bonds is 37. The first-order valence-electron chi connectivity index (χ1n) is 20.5. The number of ketones is 1. The number of carbonyl (C=O) groups excluding carboxylic acids is 2. The molecule has 4 N–H and O–H groups in total. The lowest BCUT2D eigenvalue weighted by Gasteiger charge is -2.26. The van der Waals surface area contributed by atoms with Crippen LogP contribution in [0, 0.1) is 0 Å². The van der Waals surface area contributed by atoms with Crippen molar-refractivity contribution in [2.24, 2.45) is 5.73 Å². The molecule has 0 rings (SSSR count). The van der Waals surface area contributed by atoms with Gasteiger partial charge in [0.1, 0.15) is 0 Å². The van der Waals surface area contributed by atoms with Gasteiger partial charge in [-0.15, -0.1) is 0 Å². The van der Waals surface area contributed by atoms with Crippen LogP contribution in [0.25, 0.3) is 0 Å². The minimum Gasteiger partial charge on any atom is -0.453 e. The number of unbranched alkanes of at least 4 members (excludes halogenated alkanes) is 19. The molecule has 0 heterocycles. The highest BCUT2D eigenvalue weighted by atomic mass is 31.2. The van der Waals surface area contributed by atoms with Crippen LogP contribution in [0.15, 0.2) is 72.9 Å². The number of Topliss-reactive ketones (excluding diaryl/α,β-unsaturated/α-hetero) is 1. The van der Waals surface area contributed by atoms with Gasteiger partial charge >= 0.3 is 13.8 Å². The molecule has 0 fully saturated rings. The van der Waals surface area contributed by atoms with Gasteiger partial charge in [0.05, 0.1) is 13.2 Å². The Hall–Kier alpha value is -2.39. The first-order chi connectivity index (χ1) is 25.8. The molecule has 0 radical (unpaired) electrons. The Morgan fingerprint density at radius 2 is 1.08 bits per heavy atom. The quantitative estimate of drug-likeness (QED) is 0.0185. The molecule has 53 heavy (non-hydrogen) atoms. The van der Waals surface area contributed by atoms with Crippen molar-refractivity contribution < 1.29 is 37.9 Å². The Bertz CT molecular complexity index is 1110. The molecule has 0 aromatic heterocycles. The van der Waals surface area contributed by atoms with Crippen molar-refractivity contribution in [1.29, 1.82) is 0 Å². The van der Waals surface area contributed by atoms with Crippen molar-refractivity contribution in [2.45, 2.75) is 167 Å². The predicted molar refractivity (Wildman–Crippen MR) is 219 cm³/mol. The van der Waals surface area contributed by atoms with Crippen molar-refractivity contribution in [3.05, 3.63) is 72.9 Å². The van der Waals surface area contributed by atoms with Crippen molar-refractivity contribution in [3.63, 3.8) is 0 Å². The number of hydrogen-bond acceptors (Lipinski definition) is 8. The molecule has 0 bridgehead atoms. The number of ether oxygens (including phenoxy) is 1. The number of phosphoric ester groups is 1. The molecular weight excluding hydrogens is 689 g/mol.